The third-order valence-electron chi connectivity index (χ3n) is 21.0. The summed E-state index contributed by atoms with van der Waals surface area (Å²) in [6, 6.07) is 64.4. The number of hydrogen-bond donors (Lipinski definition) is 0. The number of hydrogen-bond acceptors (Lipinski definition) is 4. The van der Waals surface area contributed by atoms with E-state index in [9.17, 15) is 0 Å². The van der Waals surface area contributed by atoms with Crippen molar-refractivity contribution in [1.82, 2.24) is 0 Å². The monoisotopic (exact) mass is 1170 g/mol. The van der Waals surface area contributed by atoms with E-state index in [-0.39, 0.29) is 43.3 Å². The largest absolute Gasteiger partial charge is 0.310 e. The highest BCUT2D eigenvalue weighted by Crippen LogP contribution is 2.55. The molecule has 450 valence electrons. The van der Waals surface area contributed by atoms with Crippen molar-refractivity contribution in [1.29, 1.82) is 0 Å². The van der Waals surface area contributed by atoms with E-state index >= 15 is 0 Å². The first-order chi connectivity index (χ1) is 40.7. The predicted molar refractivity (Wildman–Crippen MR) is 379 cm³/mol. The van der Waals surface area contributed by atoms with Crippen LogP contribution >= 0.6 is 11.3 Å². The van der Waals surface area contributed by atoms with E-state index in [1.54, 1.807) is 0 Å². The first-order valence-electron chi connectivity index (χ1n) is 32.5. The van der Waals surface area contributed by atoms with Gasteiger partial charge in [-0.15, -0.1) is 11.3 Å². The minimum Gasteiger partial charge on any atom is -0.310 e. The average Bonchev–Trinajstić information content (AvgIpc) is 1.94. The molecule has 0 unspecified atom stereocenters. The SMILES string of the molecule is Cc1cc(N(c2ccc(C(C)(C)C)cc2)c2cccc(N(c3ccc4c(c3)C(C)(C)CCC4(C)C)c3ccc4c(c3)C(C)(C)CCC4(C)C)c2)cc(N(c2ccc(C(C)(C)C)cc2-c2ccccc2)c2csc3cc4c(cc23)C(C)(C)CCC4(C)C)c1. The van der Waals surface area contributed by atoms with Gasteiger partial charge >= 0.3 is 0 Å². The summed E-state index contributed by atoms with van der Waals surface area (Å²) in [4.78, 5) is 7.69. The van der Waals surface area contributed by atoms with Gasteiger partial charge in [0.15, 0.2) is 0 Å². The zero-order valence-corrected chi connectivity index (χ0v) is 57.0. The van der Waals surface area contributed by atoms with Gasteiger partial charge in [0.25, 0.3) is 0 Å². The van der Waals surface area contributed by atoms with E-state index in [4.69, 9.17) is 0 Å². The summed E-state index contributed by atoms with van der Waals surface area (Å²) in [7, 11) is 0. The fraction of sp³-hybridized carbons (Fsp3) is 0.398. The molecule has 9 aromatic rings. The van der Waals surface area contributed by atoms with Crippen molar-refractivity contribution in [2.75, 3.05) is 14.7 Å². The first kappa shape index (κ1) is 60.4. The van der Waals surface area contributed by atoms with Gasteiger partial charge in [-0.2, -0.15) is 0 Å². The number of thiophene rings is 1. The Morgan fingerprint density at radius 2 is 0.747 bits per heavy atom. The number of nitrogens with zero attached hydrogens (tertiary/aromatic N) is 3. The minimum atomic E-state index is -0.0517. The van der Waals surface area contributed by atoms with Crippen molar-refractivity contribution in [3.8, 4) is 11.1 Å². The second-order valence-electron chi connectivity index (χ2n) is 32.5. The average molecular weight is 1170 g/mol. The standard InChI is InChI=1S/C83H97N3S/c1-54-44-63(48-64(45-54)86(73-37-30-57(77(5,6)7)46-65(73)55-24-21-20-22-25-55)74-53-87-75-52-72-71(51-66(74)75)82(16,17)42-43-83(72,18)19)84(58-31-28-56(29-32-58)76(2,3)4)59-26-23-27-60(47-59)85(61-33-35-67-69(49-61)80(12,13)40-38-78(67,8)9)62-34-36-68-70(50-62)81(14,15)41-39-79(68,10)11/h20-37,44-53H,38-43H2,1-19H3. The van der Waals surface area contributed by atoms with Crippen LogP contribution in [0, 0.1) is 6.92 Å². The van der Waals surface area contributed by atoms with Crippen molar-refractivity contribution in [2.24, 2.45) is 0 Å². The molecular formula is C83H97N3S. The molecule has 0 radical (unpaired) electrons. The molecule has 87 heavy (non-hydrogen) atoms. The predicted octanol–water partition coefficient (Wildman–Crippen LogP) is 24.9. The third-order valence-corrected chi connectivity index (χ3v) is 22.0. The van der Waals surface area contributed by atoms with Gasteiger partial charge in [-0.25, -0.2) is 0 Å². The molecule has 1 heterocycles. The maximum absolute atomic E-state index is 2.61. The minimum absolute atomic E-state index is 0.00931. The van der Waals surface area contributed by atoms with E-state index in [1.165, 1.54) is 108 Å². The second-order valence-corrected chi connectivity index (χ2v) is 33.4. The lowest BCUT2D eigenvalue weighted by Gasteiger charge is -2.43. The maximum Gasteiger partial charge on any atom is 0.0647 e. The normalized spacial score (nSPS) is 17.9. The second kappa shape index (κ2) is 21.1. The van der Waals surface area contributed by atoms with Crippen LogP contribution in [0.15, 0.2) is 169 Å². The number of fused-ring (bicyclic) bond motifs is 4. The molecule has 3 aliphatic carbocycles. The summed E-state index contributed by atoms with van der Waals surface area (Å²) >= 11 is 1.88. The van der Waals surface area contributed by atoms with Crippen LogP contribution in [-0.4, -0.2) is 0 Å². The number of anilines is 9. The van der Waals surface area contributed by atoms with Crippen LogP contribution in [0.1, 0.15) is 213 Å². The highest BCUT2D eigenvalue weighted by atomic mass is 32.1. The highest BCUT2D eigenvalue weighted by Gasteiger charge is 2.41. The van der Waals surface area contributed by atoms with Crippen molar-refractivity contribution in [3.05, 3.63) is 219 Å². The van der Waals surface area contributed by atoms with Gasteiger partial charge in [-0.1, -0.05) is 191 Å². The summed E-state index contributed by atoms with van der Waals surface area (Å²) in [6.07, 6.45) is 7.02. The molecule has 3 aliphatic rings. The molecule has 12 rings (SSSR count). The molecule has 3 nitrogen and oxygen atoms in total. The molecule has 0 amide bonds. The van der Waals surface area contributed by atoms with Gasteiger partial charge in [-0.05, 0) is 241 Å². The fourth-order valence-corrected chi connectivity index (χ4v) is 15.9. The molecule has 1 aromatic heterocycles. The molecule has 0 spiro atoms. The van der Waals surface area contributed by atoms with Gasteiger partial charge in [0.1, 0.15) is 0 Å². The lowest BCUT2D eigenvalue weighted by atomic mass is 9.63. The maximum atomic E-state index is 2.61. The van der Waals surface area contributed by atoms with E-state index in [0.29, 0.717) is 0 Å². The van der Waals surface area contributed by atoms with Crippen LogP contribution in [0.2, 0.25) is 0 Å². The lowest BCUT2D eigenvalue weighted by molar-refractivity contribution is 0.332. The fourth-order valence-electron chi connectivity index (χ4n) is 14.9. The van der Waals surface area contributed by atoms with E-state index in [2.05, 4.69) is 315 Å². The van der Waals surface area contributed by atoms with Gasteiger partial charge in [0, 0.05) is 60.8 Å². The van der Waals surface area contributed by atoms with E-state index in [1.807, 2.05) is 11.3 Å². The molecule has 0 fully saturated rings. The van der Waals surface area contributed by atoms with E-state index < -0.39 is 0 Å². The first-order valence-corrected chi connectivity index (χ1v) is 33.4. The topological polar surface area (TPSA) is 9.72 Å². The van der Waals surface area contributed by atoms with Crippen molar-refractivity contribution >= 4 is 72.6 Å². The Hall–Kier alpha value is -6.88. The molecule has 0 saturated carbocycles. The summed E-state index contributed by atoms with van der Waals surface area (Å²) in [6.45, 7) is 45.6. The summed E-state index contributed by atoms with van der Waals surface area (Å²) in [5.41, 5.74) is 25.8. The summed E-state index contributed by atoms with van der Waals surface area (Å²) in [5.74, 6) is 0. The number of benzene rings is 8. The van der Waals surface area contributed by atoms with Crippen LogP contribution < -0.4 is 14.7 Å². The zero-order valence-electron chi connectivity index (χ0n) is 56.2. The molecule has 8 aromatic carbocycles. The summed E-state index contributed by atoms with van der Waals surface area (Å²) < 4.78 is 1.33. The van der Waals surface area contributed by atoms with Gasteiger partial charge in [-0.3, -0.25) is 0 Å². The quantitative estimate of drug-likeness (QED) is 0.135. The Morgan fingerprint density at radius 1 is 0.333 bits per heavy atom. The van der Waals surface area contributed by atoms with Crippen LogP contribution in [0.3, 0.4) is 0 Å². The molecule has 4 heteroatoms. The van der Waals surface area contributed by atoms with Crippen LogP contribution in [0.4, 0.5) is 51.2 Å². The van der Waals surface area contributed by atoms with Crippen LogP contribution in [0.25, 0.3) is 21.2 Å². The molecule has 0 bridgehead atoms. The Balaban J connectivity index is 1.10. The molecular weight excluding hydrogens is 1070 g/mol. The smallest absolute Gasteiger partial charge is 0.0647 e. The molecule has 0 N–H and O–H groups in total. The van der Waals surface area contributed by atoms with Crippen molar-refractivity contribution in [2.45, 2.75) is 213 Å². The van der Waals surface area contributed by atoms with Crippen LogP contribution in [0.5, 0.6) is 0 Å². The highest BCUT2D eigenvalue weighted by molar-refractivity contribution is 7.17. The third kappa shape index (κ3) is 11.1. The Morgan fingerprint density at radius 3 is 1.25 bits per heavy atom. The van der Waals surface area contributed by atoms with Gasteiger partial charge in [0.2, 0.25) is 0 Å². The number of rotatable bonds is 10. The Labute approximate surface area is 527 Å². The van der Waals surface area contributed by atoms with Crippen molar-refractivity contribution in [3.63, 3.8) is 0 Å². The molecule has 0 aliphatic heterocycles. The van der Waals surface area contributed by atoms with E-state index in [0.717, 1.165) is 53.4 Å². The van der Waals surface area contributed by atoms with Crippen molar-refractivity contribution < 1.29 is 0 Å². The number of aryl methyl sites for hydroxylation is 1. The zero-order chi connectivity index (χ0) is 62.2. The van der Waals surface area contributed by atoms with Gasteiger partial charge in [0.05, 0.1) is 11.4 Å². The van der Waals surface area contributed by atoms with Gasteiger partial charge < -0.3 is 14.7 Å². The lowest BCUT2D eigenvalue weighted by Crippen LogP contribution is -2.34. The Kier molecular flexibility index (Phi) is 14.7. The molecule has 0 saturated heterocycles. The molecule has 0 atom stereocenters. The summed E-state index contributed by atoms with van der Waals surface area (Å²) in [5, 5.41) is 3.74. The van der Waals surface area contributed by atoms with Crippen LogP contribution in [-0.2, 0) is 43.3 Å². The Bertz CT molecular complexity index is 4010.